The summed E-state index contributed by atoms with van der Waals surface area (Å²) in [7, 11) is -4.67. The Morgan fingerprint density at radius 2 is 0.824 bits per heavy atom. The summed E-state index contributed by atoms with van der Waals surface area (Å²) >= 11 is 0. The van der Waals surface area contributed by atoms with Crippen molar-refractivity contribution >= 4 is 10.4 Å². The normalized spacial score (nSPS) is 10.8. The number of hydrogen-bond donors (Lipinski definition) is 2. The monoisotopic (exact) mass is 268 g/mol. The van der Waals surface area contributed by atoms with E-state index >= 15 is 0 Å². The predicted octanol–water partition coefficient (Wildman–Crippen LogP) is 4.27. The van der Waals surface area contributed by atoms with Gasteiger partial charge in [-0.1, -0.05) is 78.1 Å². The fourth-order valence-corrected chi connectivity index (χ4v) is 1.56. The van der Waals surface area contributed by atoms with Gasteiger partial charge in [-0.25, -0.2) is 0 Å². The molecule has 0 atom stereocenters. The second-order valence-corrected chi connectivity index (χ2v) is 5.17. The van der Waals surface area contributed by atoms with Crippen LogP contribution in [0.4, 0.5) is 0 Å². The molecule has 0 aliphatic carbocycles. The first-order chi connectivity index (χ1) is 7.91. The molecule has 0 radical (unpaired) electrons. The van der Waals surface area contributed by atoms with Crippen molar-refractivity contribution < 1.29 is 17.5 Å². The Hall–Kier alpha value is -0.130. The van der Waals surface area contributed by atoms with E-state index in [9.17, 15) is 0 Å². The molecule has 0 aromatic heterocycles. The van der Waals surface area contributed by atoms with Crippen LogP contribution in [0.25, 0.3) is 0 Å². The minimum Gasteiger partial charge on any atom is -0.264 e. The topological polar surface area (TPSA) is 74.6 Å². The molecule has 0 saturated heterocycles. The maximum Gasteiger partial charge on any atom is 0.394 e. The van der Waals surface area contributed by atoms with Gasteiger partial charge < -0.3 is 0 Å². The van der Waals surface area contributed by atoms with Crippen molar-refractivity contribution in [3.8, 4) is 0 Å². The summed E-state index contributed by atoms with van der Waals surface area (Å²) in [5.41, 5.74) is 0. The third-order valence-corrected chi connectivity index (χ3v) is 2.46. The van der Waals surface area contributed by atoms with Gasteiger partial charge in [0.1, 0.15) is 0 Å². The molecule has 0 rings (SSSR count). The van der Waals surface area contributed by atoms with Gasteiger partial charge in [0.05, 0.1) is 0 Å². The first-order valence-electron chi connectivity index (χ1n) is 6.61. The summed E-state index contributed by atoms with van der Waals surface area (Å²) in [4.78, 5) is 0. The van der Waals surface area contributed by atoms with E-state index < -0.39 is 10.4 Å². The molecule has 0 unspecified atom stereocenters. The summed E-state index contributed by atoms with van der Waals surface area (Å²) in [6.45, 7) is 4.56. The van der Waals surface area contributed by atoms with Gasteiger partial charge in [-0.15, -0.1) is 0 Å². The van der Waals surface area contributed by atoms with Crippen LogP contribution in [0.15, 0.2) is 0 Å². The van der Waals surface area contributed by atoms with Crippen LogP contribution >= 0.6 is 0 Å². The van der Waals surface area contributed by atoms with Crippen LogP contribution in [-0.2, 0) is 10.4 Å². The number of unbranched alkanes of at least 4 members (excludes halogenated alkanes) is 9. The molecule has 0 heterocycles. The Kier molecular flexibility index (Phi) is 15.7. The molecule has 0 saturated carbocycles. The molecule has 0 amide bonds. The van der Waals surface area contributed by atoms with Gasteiger partial charge in [0.15, 0.2) is 0 Å². The average molecular weight is 268 g/mol. The van der Waals surface area contributed by atoms with Crippen LogP contribution in [0, 0.1) is 0 Å². The Bertz CT molecular complexity index is 207. The van der Waals surface area contributed by atoms with Gasteiger partial charge in [0.25, 0.3) is 0 Å². The molecular formula is C12H28O4S. The van der Waals surface area contributed by atoms with Crippen LogP contribution in [0.3, 0.4) is 0 Å². The van der Waals surface area contributed by atoms with Crippen LogP contribution in [0.2, 0.25) is 0 Å². The molecule has 106 valence electrons. The summed E-state index contributed by atoms with van der Waals surface area (Å²) < 4.78 is 31.6. The predicted molar refractivity (Wildman–Crippen MR) is 71.7 cm³/mol. The lowest BCUT2D eigenvalue weighted by atomic mass is 10.1. The Morgan fingerprint density at radius 1 is 0.647 bits per heavy atom. The Labute approximate surface area is 106 Å². The van der Waals surface area contributed by atoms with Crippen molar-refractivity contribution in [2.24, 2.45) is 0 Å². The van der Waals surface area contributed by atoms with Gasteiger partial charge in [-0.2, -0.15) is 8.42 Å². The van der Waals surface area contributed by atoms with Crippen molar-refractivity contribution in [1.29, 1.82) is 0 Å². The van der Waals surface area contributed by atoms with Gasteiger partial charge in [0.2, 0.25) is 0 Å². The number of rotatable bonds is 9. The molecule has 0 aliphatic heterocycles. The molecule has 0 aliphatic rings. The Morgan fingerprint density at radius 3 is 1.00 bits per heavy atom. The van der Waals surface area contributed by atoms with Crippen molar-refractivity contribution in [2.45, 2.75) is 78.1 Å². The van der Waals surface area contributed by atoms with E-state index in [2.05, 4.69) is 13.8 Å². The molecule has 0 fully saturated rings. The lowest BCUT2D eigenvalue weighted by Crippen LogP contribution is -1.89. The van der Waals surface area contributed by atoms with Gasteiger partial charge >= 0.3 is 10.4 Å². The van der Waals surface area contributed by atoms with Gasteiger partial charge in [0, 0.05) is 0 Å². The summed E-state index contributed by atoms with van der Waals surface area (Å²) in [6, 6.07) is 0. The van der Waals surface area contributed by atoms with Crippen LogP contribution in [-0.4, -0.2) is 17.5 Å². The average Bonchev–Trinajstić information content (AvgIpc) is 2.20. The second-order valence-electron chi connectivity index (χ2n) is 4.28. The molecule has 17 heavy (non-hydrogen) atoms. The summed E-state index contributed by atoms with van der Waals surface area (Å²) in [5.74, 6) is 0. The maximum absolute atomic E-state index is 8.74. The smallest absolute Gasteiger partial charge is 0.264 e. The maximum atomic E-state index is 8.74. The zero-order valence-electron chi connectivity index (χ0n) is 11.2. The highest BCUT2D eigenvalue weighted by molar-refractivity contribution is 7.79. The summed E-state index contributed by atoms with van der Waals surface area (Å²) in [6.07, 6.45) is 14.4. The zero-order chi connectivity index (χ0) is 13.6. The van der Waals surface area contributed by atoms with Crippen molar-refractivity contribution in [3.05, 3.63) is 0 Å². The highest BCUT2D eigenvalue weighted by Gasteiger charge is 1.90. The Balaban J connectivity index is 0. The van der Waals surface area contributed by atoms with E-state index in [1.807, 2.05) is 0 Å². The van der Waals surface area contributed by atoms with Crippen LogP contribution < -0.4 is 0 Å². The quantitative estimate of drug-likeness (QED) is 0.483. The minimum absolute atomic E-state index is 1.37. The molecule has 4 nitrogen and oxygen atoms in total. The first-order valence-corrected chi connectivity index (χ1v) is 8.01. The summed E-state index contributed by atoms with van der Waals surface area (Å²) in [5, 5.41) is 0. The van der Waals surface area contributed by atoms with Crippen LogP contribution in [0.1, 0.15) is 78.1 Å². The lowest BCUT2D eigenvalue weighted by molar-refractivity contribution is 0.381. The highest BCUT2D eigenvalue weighted by Crippen LogP contribution is 2.09. The standard InChI is InChI=1S/C12H26.H2O4S/c1-3-5-7-9-11-12-10-8-6-4-2;1-5(2,3)4/h3-12H2,1-2H3;(H2,1,2,3,4). The third-order valence-electron chi connectivity index (χ3n) is 2.46. The van der Waals surface area contributed by atoms with E-state index in [0.717, 1.165) is 0 Å². The van der Waals surface area contributed by atoms with Crippen molar-refractivity contribution in [1.82, 2.24) is 0 Å². The van der Waals surface area contributed by atoms with Crippen LogP contribution in [0.5, 0.6) is 0 Å². The van der Waals surface area contributed by atoms with Gasteiger partial charge in [-0.3, -0.25) is 9.11 Å². The molecular weight excluding hydrogens is 240 g/mol. The van der Waals surface area contributed by atoms with Gasteiger partial charge in [-0.05, 0) is 0 Å². The van der Waals surface area contributed by atoms with E-state index in [1.165, 1.54) is 64.2 Å². The van der Waals surface area contributed by atoms with E-state index in [1.54, 1.807) is 0 Å². The molecule has 5 heteroatoms. The third kappa shape index (κ3) is 38.8. The molecule has 0 spiro atoms. The number of hydrogen-bond acceptors (Lipinski definition) is 2. The highest BCUT2D eigenvalue weighted by atomic mass is 32.3. The molecule has 2 N–H and O–H groups in total. The molecule has 0 bridgehead atoms. The molecule has 0 aromatic rings. The minimum atomic E-state index is -4.67. The zero-order valence-corrected chi connectivity index (χ0v) is 12.0. The van der Waals surface area contributed by atoms with Crippen molar-refractivity contribution in [2.75, 3.05) is 0 Å². The lowest BCUT2D eigenvalue weighted by Gasteiger charge is -1.99. The largest absolute Gasteiger partial charge is 0.394 e. The van der Waals surface area contributed by atoms with E-state index in [-0.39, 0.29) is 0 Å². The van der Waals surface area contributed by atoms with E-state index in [0.29, 0.717) is 0 Å². The molecule has 0 aromatic carbocycles. The van der Waals surface area contributed by atoms with Crippen molar-refractivity contribution in [3.63, 3.8) is 0 Å². The first kappa shape index (κ1) is 19.2. The fraction of sp³-hybridized carbons (Fsp3) is 1.00. The van der Waals surface area contributed by atoms with E-state index in [4.69, 9.17) is 17.5 Å². The SMILES string of the molecule is CCCCCCCCCCCC.O=S(=O)(O)O. The fourth-order valence-electron chi connectivity index (χ4n) is 1.56. The second kappa shape index (κ2) is 13.9.